The Morgan fingerprint density at radius 3 is 2.44 bits per heavy atom. The summed E-state index contributed by atoms with van der Waals surface area (Å²) in [6.07, 6.45) is 3.30. The van der Waals surface area contributed by atoms with E-state index in [1.54, 1.807) is 49.0 Å². The number of nitrogens with two attached hydrogens (primary N) is 2. The van der Waals surface area contributed by atoms with Gasteiger partial charge in [-0.1, -0.05) is 18.2 Å². The maximum Gasteiger partial charge on any atom is 0.238 e. The Balaban J connectivity index is 1.88. The highest BCUT2D eigenvalue weighted by Crippen LogP contribution is 2.33. The minimum absolute atomic E-state index is 0.0367. The van der Waals surface area contributed by atoms with Crippen LogP contribution in [0.3, 0.4) is 0 Å². The van der Waals surface area contributed by atoms with E-state index in [0.29, 0.717) is 10.5 Å². The number of hydrogen-bond donors (Lipinski definition) is 2. The molecule has 1 atom stereocenters. The Hall–Kier alpha value is -3.18. The van der Waals surface area contributed by atoms with Gasteiger partial charge in [0.15, 0.2) is 0 Å². The van der Waals surface area contributed by atoms with Gasteiger partial charge in [-0.05, 0) is 67.2 Å². The third-order valence-electron chi connectivity index (χ3n) is 4.95. The quantitative estimate of drug-likeness (QED) is 0.464. The summed E-state index contributed by atoms with van der Waals surface area (Å²) >= 11 is 0. The molecule has 0 saturated heterocycles. The SMILES string of the molecule is CN(C)S(=O)c1cc(-c2ccc3nccc(-c4cccc(S(N)(=O)=O)c4)c3c2)cnc1N. The third-order valence-corrected chi connectivity index (χ3v) is 7.23. The van der Waals surface area contributed by atoms with Gasteiger partial charge in [-0.2, -0.15) is 0 Å². The normalized spacial score (nSPS) is 12.9. The predicted molar refractivity (Wildman–Crippen MR) is 126 cm³/mol. The number of fused-ring (bicyclic) bond motifs is 1. The predicted octanol–water partition coefficient (Wildman–Crippen LogP) is 2.78. The zero-order chi connectivity index (χ0) is 23.0. The monoisotopic (exact) mass is 467 g/mol. The number of nitrogen functional groups attached to an aromatic ring is 1. The standard InChI is InChI=1S/C22H21N5O3S2/c1-27(2)31(28)21-12-16(13-26-22(21)23)14-6-7-20-19(11-14)18(8-9-25-20)15-4-3-5-17(10-15)32(24,29)30/h3-13H,1-2H3,(H2,23,26)(H2,24,29,30). The lowest BCUT2D eigenvalue weighted by atomic mass is 9.98. The molecule has 0 radical (unpaired) electrons. The molecule has 2 heterocycles. The van der Waals surface area contributed by atoms with Crippen LogP contribution < -0.4 is 10.9 Å². The van der Waals surface area contributed by atoms with Crippen molar-refractivity contribution < 1.29 is 12.6 Å². The molecule has 0 spiro atoms. The molecule has 0 amide bonds. The van der Waals surface area contributed by atoms with Gasteiger partial charge in [-0.3, -0.25) is 4.98 Å². The lowest BCUT2D eigenvalue weighted by Gasteiger charge is -2.13. The molecule has 2 aromatic carbocycles. The fourth-order valence-electron chi connectivity index (χ4n) is 3.37. The second-order valence-corrected chi connectivity index (χ2v) is 10.6. The van der Waals surface area contributed by atoms with Crippen molar-refractivity contribution in [3.63, 3.8) is 0 Å². The third kappa shape index (κ3) is 4.26. The summed E-state index contributed by atoms with van der Waals surface area (Å²) in [4.78, 5) is 9.11. The summed E-state index contributed by atoms with van der Waals surface area (Å²) in [7, 11) is -1.87. The number of aromatic nitrogens is 2. The summed E-state index contributed by atoms with van der Waals surface area (Å²) in [5.74, 6) is 0.212. The average molecular weight is 468 g/mol. The summed E-state index contributed by atoms with van der Waals surface area (Å²) in [6.45, 7) is 0. The van der Waals surface area contributed by atoms with Crippen LogP contribution in [-0.2, 0) is 21.0 Å². The van der Waals surface area contributed by atoms with Crippen molar-refractivity contribution in [3.8, 4) is 22.3 Å². The van der Waals surface area contributed by atoms with Crippen molar-refractivity contribution in [1.82, 2.24) is 14.3 Å². The van der Waals surface area contributed by atoms with E-state index >= 15 is 0 Å². The Morgan fingerprint density at radius 1 is 0.938 bits per heavy atom. The van der Waals surface area contributed by atoms with Crippen LogP contribution in [0.5, 0.6) is 0 Å². The van der Waals surface area contributed by atoms with E-state index < -0.39 is 21.0 Å². The number of primary sulfonamides is 1. The zero-order valence-electron chi connectivity index (χ0n) is 17.4. The van der Waals surface area contributed by atoms with E-state index in [1.807, 2.05) is 30.3 Å². The maximum absolute atomic E-state index is 12.6. The van der Waals surface area contributed by atoms with E-state index in [9.17, 15) is 12.6 Å². The Bertz CT molecular complexity index is 1470. The molecule has 0 bridgehead atoms. The highest BCUT2D eigenvalue weighted by Gasteiger charge is 2.15. The number of hydrogen-bond acceptors (Lipinski definition) is 6. The zero-order valence-corrected chi connectivity index (χ0v) is 19.0. The minimum Gasteiger partial charge on any atom is -0.383 e. The van der Waals surface area contributed by atoms with Gasteiger partial charge in [0, 0.05) is 23.3 Å². The van der Waals surface area contributed by atoms with Gasteiger partial charge in [0.25, 0.3) is 0 Å². The molecule has 0 aliphatic carbocycles. The fraction of sp³-hybridized carbons (Fsp3) is 0.0909. The van der Waals surface area contributed by atoms with Gasteiger partial charge in [-0.15, -0.1) is 0 Å². The molecule has 8 nitrogen and oxygen atoms in total. The smallest absolute Gasteiger partial charge is 0.238 e. The Labute approximate surface area is 188 Å². The summed E-state index contributed by atoms with van der Waals surface area (Å²) in [5, 5.41) is 6.13. The molecule has 4 aromatic rings. The summed E-state index contributed by atoms with van der Waals surface area (Å²) in [6, 6.07) is 15.8. The number of anilines is 1. The van der Waals surface area contributed by atoms with E-state index in [0.717, 1.165) is 27.6 Å². The van der Waals surface area contributed by atoms with Crippen molar-refractivity contribution in [1.29, 1.82) is 0 Å². The van der Waals surface area contributed by atoms with Crippen LogP contribution in [-0.4, -0.2) is 41.0 Å². The van der Waals surface area contributed by atoms with E-state index in [-0.39, 0.29) is 10.7 Å². The molecular formula is C22H21N5O3S2. The van der Waals surface area contributed by atoms with Crippen LogP contribution >= 0.6 is 0 Å². The number of rotatable bonds is 5. The van der Waals surface area contributed by atoms with Crippen molar-refractivity contribution in [3.05, 3.63) is 67.0 Å². The van der Waals surface area contributed by atoms with Crippen molar-refractivity contribution in [2.45, 2.75) is 9.79 Å². The highest BCUT2D eigenvalue weighted by atomic mass is 32.2. The van der Waals surface area contributed by atoms with Crippen LogP contribution in [0, 0.1) is 0 Å². The van der Waals surface area contributed by atoms with Gasteiger partial charge in [0.1, 0.15) is 16.8 Å². The van der Waals surface area contributed by atoms with Crippen LogP contribution in [0.4, 0.5) is 5.82 Å². The average Bonchev–Trinajstić information content (AvgIpc) is 2.77. The van der Waals surface area contributed by atoms with Crippen LogP contribution in [0.25, 0.3) is 33.2 Å². The fourth-order valence-corrected chi connectivity index (χ4v) is 4.78. The highest BCUT2D eigenvalue weighted by molar-refractivity contribution is 7.89. The lowest BCUT2D eigenvalue weighted by Crippen LogP contribution is -2.17. The number of benzene rings is 2. The van der Waals surface area contributed by atoms with Crippen molar-refractivity contribution >= 4 is 37.7 Å². The number of pyridine rings is 2. The lowest BCUT2D eigenvalue weighted by molar-refractivity contribution is 0.597. The molecule has 0 fully saturated rings. The Morgan fingerprint density at radius 2 is 1.72 bits per heavy atom. The molecule has 0 aliphatic heterocycles. The molecule has 2 aromatic heterocycles. The van der Waals surface area contributed by atoms with Crippen molar-refractivity contribution in [2.75, 3.05) is 19.8 Å². The summed E-state index contributed by atoms with van der Waals surface area (Å²) < 4.78 is 37.7. The second-order valence-electron chi connectivity index (χ2n) is 7.33. The molecular weight excluding hydrogens is 446 g/mol. The van der Waals surface area contributed by atoms with E-state index in [2.05, 4.69) is 9.97 Å². The Kier molecular flexibility index (Phi) is 5.78. The molecule has 4 rings (SSSR count). The van der Waals surface area contributed by atoms with Crippen LogP contribution in [0.15, 0.2) is 76.8 Å². The van der Waals surface area contributed by atoms with Gasteiger partial charge >= 0.3 is 0 Å². The maximum atomic E-state index is 12.6. The second kappa shape index (κ2) is 8.40. The van der Waals surface area contributed by atoms with Gasteiger partial charge in [0.05, 0.1) is 15.3 Å². The largest absolute Gasteiger partial charge is 0.383 e. The summed E-state index contributed by atoms with van der Waals surface area (Å²) in [5.41, 5.74) is 9.78. The first kappa shape index (κ1) is 22.0. The van der Waals surface area contributed by atoms with Gasteiger partial charge in [-0.25, -0.2) is 27.1 Å². The first-order valence-electron chi connectivity index (χ1n) is 9.52. The molecule has 10 heteroatoms. The van der Waals surface area contributed by atoms with Crippen LogP contribution in [0.1, 0.15) is 0 Å². The topological polar surface area (TPSA) is 132 Å². The molecule has 164 valence electrons. The van der Waals surface area contributed by atoms with E-state index in [1.165, 1.54) is 6.07 Å². The first-order chi connectivity index (χ1) is 15.1. The number of sulfonamides is 1. The molecule has 0 aliphatic rings. The molecule has 1 unspecified atom stereocenters. The minimum atomic E-state index is -3.83. The molecule has 32 heavy (non-hydrogen) atoms. The van der Waals surface area contributed by atoms with E-state index in [4.69, 9.17) is 10.9 Å². The van der Waals surface area contributed by atoms with Crippen LogP contribution in [0.2, 0.25) is 0 Å². The molecule has 0 saturated carbocycles. The number of nitrogens with zero attached hydrogens (tertiary/aromatic N) is 3. The van der Waals surface area contributed by atoms with Crippen molar-refractivity contribution in [2.24, 2.45) is 5.14 Å². The molecule has 4 N–H and O–H groups in total. The first-order valence-corrected chi connectivity index (χ1v) is 12.2. The van der Waals surface area contributed by atoms with Gasteiger partial charge in [0.2, 0.25) is 10.0 Å². The van der Waals surface area contributed by atoms with Gasteiger partial charge < -0.3 is 5.73 Å².